The molecule has 0 radical (unpaired) electrons. The predicted molar refractivity (Wildman–Crippen MR) is 72.7 cm³/mol. The molecule has 0 aromatic heterocycles. The fourth-order valence-electron chi connectivity index (χ4n) is 1.53. The van der Waals surface area contributed by atoms with Gasteiger partial charge in [-0.2, -0.15) is 0 Å². The van der Waals surface area contributed by atoms with Gasteiger partial charge in [0.15, 0.2) is 0 Å². The predicted octanol–water partition coefficient (Wildman–Crippen LogP) is 3.11. The molecule has 0 saturated carbocycles. The monoisotopic (exact) mass is 291 g/mol. The fourth-order valence-corrected chi connectivity index (χ4v) is 2.33. The van der Waals surface area contributed by atoms with Crippen LogP contribution in [0, 0.1) is 5.82 Å². The Balaban J connectivity index is 2.70. The molecule has 0 atom stereocenters. The Labute approximate surface area is 116 Å². The first-order chi connectivity index (χ1) is 8.56. The van der Waals surface area contributed by atoms with E-state index in [1.807, 2.05) is 6.92 Å². The Morgan fingerprint density at radius 2 is 1.94 bits per heavy atom. The Morgan fingerprint density at radius 1 is 1.33 bits per heavy atom. The molecule has 1 aromatic rings. The minimum Gasteiger partial charge on any atom is -0.348 e. The number of carbonyl (C=O) groups excluding carboxylic acids is 1. The Bertz CT molecular complexity index is 399. The van der Waals surface area contributed by atoms with Gasteiger partial charge in [-0.1, -0.05) is 25.1 Å². The summed E-state index contributed by atoms with van der Waals surface area (Å²) in [4.78, 5) is 11.9. The third-order valence-electron chi connectivity index (χ3n) is 2.90. The van der Waals surface area contributed by atoms with Gasteiger partial charge in [-0.05, 0) is 18.1 Å². The van der Waals surface area contributed by atoms with Crippen molar-refractivity contribution in [2.45, 2.75) is 25.3 Å². The van der Waals surface area contributed by atoms with E-state index in [0.717, 1.165) is 0 Å². The summed E-state index contributed by atoms with van der Waals surface area (Å²) in [6.45, 7) is 1.90. The van der Waals surface area contributed by atoms with Crippen molar-refractivity contribution in [1.29, 1.82) is 0 Å². The van der Waals surface area contributed by atoms with Crippen LogP contribution in [0.15, 0.2) is 24.3 Å². The van der Waals surface area contributed by atoms with Gasteiger partial charge in [-0.25, -0.2) is 4.39 Å². The van der Waals surface area contributed by atoms with E-state index in [-0.39, 0.29) is 29.9 Å². The lowest BCUT2D eigenvalue weighted by Crippen LogP contribution is -2.51. The van der Waals surface area contributed by atoms with Crippen molar-refractivity contribution in [3.05, 3.63) is 35.6 Å². The molecule has 5 heteroatoms. The molecule has 0 aliphatic rings. The number of hydrogen-bond donors (Lipinski definition) is 1. The average Bonchev–Trinajstić information content (AvgIpc) is 2.39. The van der Waals surface area contributed by atoms with E-state index in [2.05, 4.69) is 5.32 Å². The zero-order valence-corrected chi connectivity index (χ0v) is 11.7. The molecule has 1 amide bonds. The molecule has 0 fully saturated rings. The summed E-state index contributed by atoms with van der Waals surface area (Å²) >= 11 is 11.7. The molecular formula is C13H16Cl2FNO. The number of halogens is 3. The SMILES string of the molecule is CCC(CCl)(CCl)NC(=O)Cc1ccccc1F. The molecular weight excluding hydrogens is 276 g/mol. The maximum Gasteiger partial charge on any atom is 0.225 e. The third kappa shape index (κ3) is 3.85. The van der Waals surface area contributed by atoms with Crippen molar-refractivity contribution in [2.24, 2.45) is 0 Å². The van der Waals surface area contributed by atoms with Crippen LogP contribution in [-0.4, -0.2) is 23.2 Å². The lowest BCUT2D eigenvalue weighted by molar-refractivity contribution is -0.122. The lowest BCUT2D eigenvalue weighted by Gasteiger charge is -2.29. The molecule has 0 spiro atoms. The minimum absolute atomic E-state index is 0.0117. The van der Waals surface area contributed by atoms with Gasteiger partial charge in [0.1, 0.15) is 5.82 Å². The van der Waals surface area contributed by atoms with Crippen LogP contribution in [0.3, 0.4) is 0 Å². The average molecular weight is 292 g/mol. The smallest absolute Gasteiger partial charge is 0.225 e. The van der Waals surface area contributed by atoms with Crippen LogP contribution >= 0.6 is 23.2 Å². The second kappa shape index (κ2) is 6.95. The van der Waals surface area contributed by atoms with Crippen molar-refractivity contribution < 1.29 is 9.18 Å². The van der Waals surface area contributed by atoms with Crippen molar-refractivity contribution >= 4 is 29.1 Å². The van der Waals surface area contributed by atoms with Crippen LogP contribution in [0.1, 0.15) is 18.9 Å². The molecule has 2 nitrogen and oxygen atoms in total. The molecule has 0 aliphatic heterocycles. The van der Waals surface area contributed by atoms with E-state index in [1.165, 1.54) is 6.07 Å². The highest BCUT2D eigenvalue weighted by atomic mass is 35.5. The second-order valence-corrected chi connectivity index (χ2v) is 4.75. The summed E-state index contributed by atoms with van der Waals surface area (Å²) in [6.07, 6.45) is 0.616. The minimum atomic E-state index is -0.620. The molecule has 0 bridgehead atoms. The van der Waals surface area contributed by atoms with Gasteiger partial charge in [0, 0.05) is 11.8 Å². The first-order valence-corrected chi connectivity index (χ1v) is 6.80. The highest BCUT2D eigenvalue weighted by Gasteiger charge is 2.28. The Morgan fingerprint density at radius 3 is 2.44 bits per heavy atom. The van der Waals surface area contributed by atoms with Gasteiger partial charge >= 0.3 is 0 Å². The lowest BCUT2D eigenvalue weighted by atomic mass is 10.0. The zero-order chi connectivity index (χ0) is 13.6. The maximum atomic E-state index is 13.4. The summed E-state index contributed by atoms with van der Waals surface area (Å²) in [6, 6.07) is 6.20. The Hall–Kier alpha value is -0.800. The van der Waals surface area contributed by atoms with Crippen molar-refractivity contribution in [2.75, 3.05) is 11.8 Å². The number of benzene rings is 1. The second-order valence-electron chi connectivity index (χ2n) is 4.22. The number of amides is 1. The fraction of sp³-hybridized carbons (Fsp3) is 0.462. The highest BCUT2D eigenvalue weighted by molar-refractivity contribution is 6.22. The first kappa shape index (κ1) is 15.3. The van der Waals surface area contributed by atoms with Gasteiger partial charge in [0.25, 0.3) is 0 Å². The topological polar surface area (TPSA) is 29.1 Å². The van der Waals surface area contributed by atoms with Crippen LogP contribution in [0.5, 0.6) is 0 Å². The van der Waals surface area contributed by atoms with Crippen LogP contribution in [-0.2, 0) is 11.2 Å². The summed E-state index contributed by atoms with van der Waals surface area (Å²) < 4.78 is 13.4. The highest BCUT2D eigenvalue weighted by Crippen LogP contribution is 2.15. The van der Waals surface area contributed by atoms with Gasteiger partial charge in [-0.15, -0.1) is 23.2 Å². The molecule has 0 unspecified atom stereocenters. The summed E-state index contributed by atoms with van der Waals surface area (Å²) in [5.74, 6) is -0.193. The van der Waals surface area contributed by atoms with E-state index in [1.54, 1.807) is 18.2 Å². The quantitative estimate of drug-likeness (QED) is 0.802. The number of nitrogens with one attached hydrogen (secondary N) is 1. The van der Waals surface area contributed by atoms with E-state index >= 15 is 0 Å². The number of hydrogen-bond acceptors (Lipinski definition) is 1. The Kier molecular flexibility index (Phi) is 5.89. The molecule has 0 saturated heterocycles. The summed E-state index contributed by atoms with van der Waals surface area (Å²) in [7, 11) is 0. The van der Waals surface area contributed by atoms with E-state index < -0.39 is 5.54 Å². The summed E-state index contributed by atoms with van der Waals surface area (Å²) in [5, 5.41) is 2.79. The summed E-state index contributed by atoms with van der Waals surface area (Å²) in [5.41, 5.74) is -0.255. The van der Waals surface area contributed by atoms with Crippen LogP contribution in [0.4, 0.5) is 4.39 Å². The standard InChI is InChI=1S/C13H16Cl2FNO/c1-2-13(8-14,9-15)17-12(18)7-10-5-3-4-6-11(10)16/h3-6H,2,7-9H2,1H3,(H,17,18). The molecule has 1 rings (SSSR count). The number of rotatable bonds is 6. The van der Waals surface area contributed by atoms with E-state index in [0.29, 0.717) is 12.0 Å². The molecule has 0 heterocycles. The van der Waals surface area contributed by atoms with Crippen LogP contribution in [0.25, 0.3) is 0 Å². The van der Waals surface area contributed by atoms with Gasteiger partial charge < -0.3 is 5.32 Å². The normalized spacial score (nSPS) is 11.3. The zero-order valence-electron chi connectivity index (χ0n) is 10.2. The van der Waals surface area contributed by atoms with Crippen LogP contribution in [0.2, 0.25) is 0 Å². The van der Waals surface area contributed by atoms with E-state index in [9.17, 15) is 9.18 Å². The van der Waals surface area contributed by atoms with Gasteiger partial charge in [0.2, 0.25) is 5.91 Å². The van der Waals surface area contributed by atoms with Gasteiger partial charge in [0.05, 0.1) is 12.0 Å². The number of carbonyl (C=O) groups is 1. The molecule has 1 aromatic carbocycles. The van der Waals surface area contributed by atoms with Crippen LogP contribution < -0.4 is 5.32 Å². The van der Waals surface area contributed by atoms with Crippen molar-refractivity contribution in [3.63, 3.8) is 0 Å². The van der Waals surface area contributed by atoms with Crippen molar-refractivity contribution in [3.8, 4) is 0 Å². The van der Waals surface area contributed by atoms with Gasteiger partial charge in [-0.3, -0.25) is 4.79 Å². The molecule has 0 aliphatic carbocycles. The molecule has 100 valence electrons. The largest absolute Gasteiger partial charge is 0.348 e. The first-order valence-electron chi connectivity index (χ1n) is 5.73. The molecule has 1 N–H and O–H groups in total. The third-order valence-corrected chi connectivity index (χ3v) is 3.92. The maximum absolute atomic E-state index is 13.4. The molecule has 18 heavy (non-hydrogen) atoms. The van der Waals surface area contributed by atoms with E-state index in [4.69, 9.17) is 23.2 Å². The number of alkyl halides is 2. The van der Waals surface area contributed by atoms with Crippen molar-refractivity contribution in [1.82, 2.24) is 5.32 Å².